The van der Waals surface area contributed by atoms with Crippen LogP contribution in [-0.2, 0) is 11.2 Å². The maximum Gasteiger partial charge on any atom is 0.188 e. The van der Waals surface area contributed by atoms with Crippen molar-refractivity contribution < 1.29 is 4.79 Å². The number of allylic oxidation sites excluding steroid dienone is 2. The van der Waals surface area contributed by atoms with E-state index in [1.54, 1.807) is 11.3 Å². The van der Waals surface area contributed by atoms with E-state index < -0.39 is 0 Å². The predicted molar refractivity (Wildman–Crippen MR) is 121 cm³/mol. The van der Waals surface area contributed by atoms with Gasteiger partial charge in [-0.2, -0.15) is 0 Å². The van der Waals surface area contributed by atoms with Crippen LogP contribution in [0.4, 0.5) is 5.13 Å². The summed E-state index contributed by atoms with van der Waals surface area (Å²) < 4.78 is 0. The lowest BCUT2D eigenvalue weighted by Crippen LogP contribution is -2.29. The van der Waals surface area contributed by atoms with Gasteiger partial charge >= 0.3 is 0 Å². The van der Waals surface area contributed by atoms with Crippen molar-refractivity contribution in [2.75, 3.05) is 18.0 Å². The number of thiazole rings is 1. The zero-order chi connectivity index (χ0) is 20.2. The molecule has 0 aliphatic carbocycles. The van der Waals surface area contributed by atoms with Gasteiger partial charge < -0.3 is 4.90 Å². The lowest BCUT2D eigenvalue weighted by Gasteiger charge is -2.26. The van der Waals surface area contributed by atoms with Crippen LogP contribution in [0.3, 0.4) is 0 Å². The number of aliphatic imine (C=N–C) groups is 1. The van der Waals surface area contributed by atoms with E-state index in [-0.39, 0.29) is 11.7 Å². The highest BCUT2D eigenvalue weighted by atomic mass is 32.1. The van der Waals surface area contributed by atoms with Gasteiger partial charge in [-0.15, -0.1) is 11.3 Å². The highest BCUT2D eigenvalue weighted by molar-refractivity contribution is 7.13. The molecule has 1 unspecified atom stereocenters. The number of piperidine rings is 1. The molecule has 0 amide bonds. The first-order valence-electron chi connectivity index (χ1n) is 10.7. The predicted octanol–water partition coefficient (Wildman–Crippen LogP) is 5.51. The summed E-state index contributed by atoms with van der Waals surface area (Å²) in [5, 5.41) is 3.23. The maximum absolute atomic E-state index is 13.4. The van der Waals surface area contributed by atoms with E-state index in [1.165, 1.54) is 24.8 Å². The molecule has 3 heterocycles. The Morgan fingerprint density at radius 1 is 1.14 bits per heavy atom. The van der Waals surface area contributed by atoms with Crippen LogP contribution in [0.15, 0.2) is 46.4 Å². The normalized spacial score (nSPS) is 17.6. The van der Waals surface area contributed by atoms with Crippen molar-refractivity contribution in [3.05, 3.63) is 58.2 Å². The van der Waals surface area contributed by atoms with Crippen molar-refractivity contribution >= 4 is 28.5 Å². The molecule has 0 spiro atoms. The summed E-state index contributed by atoms with van der Waals surface area (Å²) in [4.78, 5) is 25.1. The van der Waals surface area contributed by atoms with E-state index in [0.717, 1.165) is 35.9 Å². The van der Waals surface area contributed by atoms with Crippen LogP contribution in [0.5, 0.6) is 0 Å². The molecule has 1 aromatic heterocycles. The Hall–Kier alpha value is -2.27. The number of ketones is 1. The Labute approximate surface area is 177 Å². The number of anilines is 1. The van der Waals surface area contributed by atoms with Gasteiger partial charge in [0.05, 0.1) is 11.6 Å². The third-order valence-electron chi connectivity index (χ3n) is 5.79. The topological polar surface area (TPSA) is 45.6 Å². The number of hydrogen-bond donors (Lipinski definition) is 0. The molecule has 2 aliphatic rings. The van der Waals surface area contributed by atoms with E-state index >= 15 is 0 Å². The molecule has 1 atom stereocenters. The minimum atomic E-state index is -0.244. The fourth-order valence-corrected chi connectivity index (χ4v) is 5.13. The summed E-state index contributed by atoms with van der Waals surface area (Å²) in [5.74, 6) is 0.229. The number of carbonyl (C=O) groups excluding carboxylic acids is 1. The number of carbonyl (C=O) groups is 1. The monoisotopic (exact) mass is 407 g/mol. The Balaban J connectivity index is 1.64. The standard InChI is InChI=1S/C24H29N3OS/c1-17(2)19-9-4-5-10-20(19)21(23(28)22-11-8-12-25-22)15-18-16-29-24(26-18)27-13-6-3-7-14-27/h4-5,9-12,16-17,21H,3,6-8,13-15H2,1-2H3. The zero-order valence-electron chi connectivity index (χ0n) is 17.3. The molecule has 5 heteroatoms. The third-order valence-corrected chi connectivity index (χ3v) is 6.74. The minimum Gasteiger partial charge on any atom is -0.348 e. The molecule has 2 aromatic rings. The summed E-state index contributed by atoms with van der Waals surface area (Å²) in [6, 6.07) is 8.35. The molecule has 2 aliphatic heterocycles. The fraction of sp³-hybridized carbons (Fsp3) is 0.458. The smallest absolute Gasteiger partial charge is 0.188 e. The molecule has 0 saturated carbocycles. The van der Waals surface area contributed by atoms with Crippen molar-refractivity contribution in [2.45, 2.75) is 57.8 Å². The Bertz CT molecular complexity index is 922. The molecular formula is C24H29N3OS. The third kappa shape index (κ3) is 4.50. The molecule has 1 saturated heterocycles. The lowest BCUT2D eigenvalue weighted by molar-refractivity contribution is -0.117. The summed E-state index contributed by atoms with van der Waals surface area (Å²) >= 11 is 1.71. The van der Waals surface area contributed by atoms with Crippen molar-refractivity contribution in [1.82, 2.24) is 4.98 Å². The Morgan fingerprint density at radius 3 is 2.59 bits per heavy atom. The molecule has 1 aromatic carbocycles. The van der Waals surface area contributed by atoms with Gasteiger partial charge in [0.15, 0.2) is 10.9 Å². The number of rotatable bonds is 7. The molecule has 0 radical (unpaired) electrons. The van der Waals surface area contributed by atoms with Crippen LogP contribution in [0.1, 0.15) is 68.2 Å². The number of Topliss-reactive ketones (excluding diaryl/α,β-unsaturated/α-hetero) is 1. The Morgan fingerprint density at radius 2 is 1.90 bits per heavy atom. The second-order valence-electron chi connectivity index (χ2n) is 8.21. The number of hydrogen-bond acceptors (Lipinski definition) is 5. The molecule has 4 nitrogen and oxygen atoms in total. The largest absolute Gasteiger partial charge is 0.348 e. The van der Waals surface area contributed by atoms with Gasteiger partial charge in [0.25, 0.3) is 0 Å². The molecule has 0 N–H and O–H groups in total. The van der Waals surface area contributed by atoms with Crippen molar-refractivity contribution in [3.8, 4) is 0 Å². The first-order valence-corrected chi connectivity index (χ1v) is 11.6. The molecule has 1 fully saturated rings. The average Bonchev–Trinajstić information content (AvgIpc) is 3.44. The highest BCUT2D eigenvalue weighted by Crippen LogP contribution is 2.33. The van der Waals surface area contributed by atoms with Gasteiger partial charge in [-0.25, -0.2) is 4.98 Å². The van der Waals surface area contributed by atoms with Crippen molar-refractivity contribution in [1.29, 1.82) is 0 Å². The van der Waals surface area contributed by atoms with E-state index in [9.17, 15) is 4.79 Å². The van der Waals surface area contributed by atoms with Gasteiger partial charge in [0.1, 0.15) is 5.70 Å². The van der Waals surface area contributed by atoms with Gasteiger partial charge in [-0.3, -0.25) is 9.79 Å². The zero-order valence-corrected chi connectivity index (χ0v) is 18.1. The summed E-state index contributed by atoms with van der Waals surface area (Å²) in [7, 11) is 0. The van der Waals surface area contributed by atoms with E-state index in [2.05, 4.69) is 47.3 Å². The molecule has 29 heavy (non-hydrogen) atoms. The fourth-order valence-electron chi connectivity index (χ4n) is 4.24. The first-order chi connectivity index (χ1) is 14.1. The van der Waals surface area contributed by atoms with Gasteiger partial charge in [-0.1, -0.05) is 38.1 Å². The Kier molecular flexibility index (Phi) is 6.24. The van der Waals surface area contributed by atoms with E-state index in [1.807, 2.05) is 18.4 Å². The van der Waals surface area contributed by atoms with E-state index in [4.69, 9.17) is 4.98 Å². The van der Waals surface area contributed by atoms with Crippen LogP contribution in [0.2, 0.25) is 0 Å². The van der Waals surface area contributed by atoms with Gasteiger partial charge in [0, 0.05) is 37.5 Å². The highest BCUT2D eigenvalue weighted by Gasteiger charge is 2.28. The number of benzene rings is 1. The molecule has 0 bridgehead atoms. The number of aromatic nitrogens is 1. The summed E-state index contributed by atoms with van der Waals surface area (Å²) in [6.45, 7) is 6.55. The molecular weight excluding hydrogens is 378 g/mol. The second-order valence-corrected chi connectivity index (χ2v) is 9.05. The van der Waals surface area contributed by atoms with Crippen molar-refractivity contribution in [3.63, 3.8) is 0 Å². The van der Waals surface area contributed by atoms with Crippen LogP contribution in [0, 0.1) is 0 Å². The quantitative estimate of drug-likeness (QED) is 0.608. The first kappa shape index (κ1) is 20.0. The molecule has 4 rings (SSSR count). The van der Waals surface area contributed by atoms with Crippen LogP contribution in [-0.4, -0.2) is 30.1 Å². The average molecular weight is 408 g/mol. The van der Waals surface area contributed by atoms with Gasteiger partial charge in [0.2, 0.25) is 0 Å². The number of nitrogens with zero attached hydrogens (tertiary/aromatic N) is 3. The summed E-state index contributed by atoms with van der Waals surface area (Å²) in [6.07, 6.45) is 8.92. The SMILES string of the molecule is CC(C)c1ccccc1C(Cc1csc(N2CCCCC2)n1)C(=O)C1=CCC=N1. The minimum absolute atomic E-state index is 0.111. The van der Waals surface area contributed by atoms with Crippen LogP contribution in [0.25, 0.3) is 0 Å². The second kappa shape index (κ2) is 9.04. The van der Waals surface area contributed by atoms with E-state index in [0.29, 0.717) is 18.0 Å². The molecule has 152 valence electrons. The van der Waals surface area contributed by atoms with Crippen LogP contribution >= 0.6 is 11.3 Å². The summed E-state index contributed by atoms with van der Waals surface area (Å²) in [5.41, 5.74) is 3.96. The lowest BCUT2D eigenvalue weighted by atomic mass is 9.83. The van der Waals surface area contributed by atoms with Gasteiger partial charge in [-0.05, 0) is 42.4 Å². The van der Waals surface area contributed by atoms with Crippen molar-refractivity contribution in [2.24, 2.45) is 4.99 Å². The maximum atomic E-state index is 13.4. The van der Waals surface area contributed by atoms with Crippen LogP contribution < -0.4 is 4.90 Å².